The molecular formula is C15H23NO2. The van der Waals surface area contributed by atoms with Crippen LogP contribution in [-0.4, -0.2) is 34.6 Å². The molecule has 4 bridgehead atoms. The average Bonchev–Trinajstić information content (AvgIpc) is 2.77. The van der Waals surface area contributed by atoms with Crippen molar-refractivity contribution in [1.29, 1.82) is 0 Å². The van der Waals surface area contributed by atoms with Crippen LogP contribution >= 0.6 is 0 Å². The van der Waals surface area contributed by atoms with Crippen LogP contribution in [0.5, 0.6) is 0 Å². The van der Waals surface area contributed by atoms with E-state index in [1.807, 2.05) is 0 Å². The molecule has 100 valence electrons. The number of nitrogens with zero attached hydrogens (tertiary/aromatic N) is 1. The van der Waals surface area contributed by atoms with E-state index >= 15 is 0 Å². The quantitative estimate of drug-likeness (QED) is 0.771. The summed E-state index contributed by atoms with van der Waals surface area (Å²) >= 11 is 0. The number of hydrogen-bond donors (Lipinski definition) is 1. The summed E-state index contributed by atoms with van der Waals surface area (Å²) in [5, 5.41) is 10.7. The summed E-state index contributed by atoms with van der Waals surface area (Å²) in [4.78, 5) is 14.9. The van der Waals surface area contributed by atoms with E-state index in [-0.39, 0.29) is 5.41 Å². The molecular weight excluding hydrogens is 226 g/mol. The Labute approximate surface area is 109 Å². The fourth-order valence-electron chi connectivity index (χ4n) is 5.72. The van der Waals surface area contributed by atoms with Crippen LogP contribution in [0, 0.1) is 17.3 Å². The van der Waals surface area contributed by atoms with Crippen LogP contribution in [0.1, 0.15) is 51.4 Å². The van der Waals surface area contributed by atoms with E-state index in [1.54, 1.807) is 0 Å². The van der Waals surface area contributed by atoms with Gasteiger partial charge in [-0.2, -0.15) is 0 Å². The Kier molecular flexibility index (Phi) is 2.19. The van der Waals surface area contributed by atoms with Crippen molar-refractivity contribution < 1.29 is 9.90 Å². The van der Waals surface area contributed by atoms with Gasteiger partial charge in [-0.1, -0.05) is 0 Å². The van der Waals surface area contributed by atoms with Gasteiger partial charge in [0.1, 0.15) is 0 Å². The van der Waals surface area contributed by atoms with E-state index < -0.39 is 5.60 Å². The third kappa shape index (κ3) is 1.49. The molecule has 0 radical (unpaired) electrons. The van der Waals surface area contributed by atoms with Crippen LogP contribution in [0.15, 0.2) is 0 Å². The zero-order chi connectivity index (χ0) is 12.4. The highest BCUT2D eigenvalue weighted by Gasteiger charge is 2.60. The molecule has 5 rings (SSSR count). The van der Waals surface area contributed by atoms with Crippen molar-refractivity contribution in [3.8, 4) is 0 Å². The van der Waals surface area contributed by atoms with Crippen molar-refractivity contribution in [1.82, 2.24) is 4.90 Å². The Bertz CT molecular complexity index is 372. The molecule has 0 aromatic carbocycles. The smallest absolute Gasteiger partial charge is 0.228 e. The van der Waals surface area contributed by atoms with E-state index in [2.05, 4.69) is 4.90 Å². The highest BCUT2D eigenvalue weighted by Crippen LogP contribution is 2.62. The molecule has 2 unspecified atom stereocenters. The van der Waals surface area contributed by atoms with Gasteiger partial charge in [0.15, 0.2) is 0 Å². The van der Waals surface area contributed by atoms with Gasteiger partial charge in [0.25, 0.3) is 0 Å². The van der Waals surface area contributed by atoms with Gasteiger partial charge in [0.2, 0.25) is 5.91 Å². The zero-order valence-electron chi connectivity index (χ0n) is 11.0. The molecule has 1 amide bonds. The van der Waals surface area contributed by atoms with Crippen molar-refractivity contribution in [3.63, 3.8) is 0 Å². The van der Waals surface area contributed by atoms with E-state index in [9.17, 15) is 9.90 Å². The van der Waals surface area contributed by atoms with Crippen LogP contribution in [0.2, 0.25) is 0 Å². The minimum atomic E-state index is -0.501. The lowest BCUT2D eigenvalue weighted by molar-refractivity contribution is -0.185. The number of carbonyl (C=O) groups is 1. The number of hydrogen-bond acceptors (Lipinski definition) is 2. The first kappa shape index (κ1) is 11.3. The Morgan fingerprint density at radius 3 is 2.22 bits per heavy atom. The number of carbonyl (C=O) groups excluding carboxylic acids is 1. The second kappa shape index (κ2) is 3.50. The van der Waals surface area contributed by atoms with Gasteiger partial charge >= 0.3 is 0 Å². The minimum absolute atomic E-state index is 0.177. The number of likely N-dealkylation sites (tertiary alicyclic amines) is 1. The molecule has 1 saturated heterocycles. The van der Waals surface area contributed by atoms with Crippen molar-refractivity contribution in [3.05, 3.63) is 0 Å². The molecule has 0 spiro atoms. The maximum atomic E-state index is 12.9. The maximum absolute atomic E-state index is 12.9. The van der Waals surface area contributed by atoms with Crippen LogP contribution in [0.25, 0.3) is 0 Å². The normalized spacial score (nSPS) is 49.9. The predicted molar refractivity (Wildman–Crippen MR) is 67.9 cm³/mol. The van der Waals surface area contributed by atoms with E-state index in [0.717, 1.165) is 45.2 Å². The Hall–Kier alpha value is -0.570. The second-order valence-corrected chi connectivity index (χ2v) is 7.47. The van der Waals surface area contributed by atoms with E-state index in [4.69, 9.17) is 0 Å². The molecule has 0 aromatic heterocycles. The first-order valence-electron chi connectivity index (χ1n) is 7.60. The van der Waals surface area contributed by atoms with Crippen LogP contribution in [0.4, 0.5) is 0 Å². The Balaban J connectivity index is 1.64. The molecule has 2 atom stereocenters. The monoisotopic (exact) mass is 249 g/mol. The maximum Gasteiger partial charge on any atom is 0.228 e. The molecule has 1 aliphatic heterocycles. The fraction of sp³-hybridized carbons (Fsp3) is 0.933. The lowest BCUT2D eigenvalue weighted by Gasteiger charge is -2.59. The van der Waals surface area contributed by atoms with Crippen molar-refractivity contribution in [2.75, 3.05) is 13.1 Å². The van der Waals surface area contributed by atoms with Gasteiger partial charge in [0.05, 0.1) is 11.0 Å². The minimum Gasteiger partial charge on any atom is -0.390 e. The number of rotatable bonds is 1. The van der Waals surface area contributed by atoms with Gasteiger partial charge in [-0.15, -0.1) is 0 Å². The Morgan fingerprint density at radius 2 is 1.67 bits per heavy atom. The van der Waals surface area contributed by atoms with E-state index in [0.29, 0.717) is 17.7 Å². The lowest BCUT2D eigenvalue weighted by Crippen LogP contribution is -2.60. The van der Waals surface area contributed by atoms with Gasteiger partial charge in [-0.05, 0) is 63.2 Å². The largest absolute Gasteiger partial charge is 0.390 e. The molecule has 5 fully saturated rings. The molecule has 4 saturated carbocycles. The summed E-state index contributed by atoms with van der Waals surface area (Å²) < 4.78 is 0. The number of aliphatic hydroxyl groups is 1. The second-order valence-electron chi connectivity index (χ2n) is 7.47. The fourth-order valence-corrected chi connectivity index (χ4v) is 5.72. The first-order valence-corrected chi connectivity index (χ1v) is 7.60. The van der Waals surface area contributed by atoms with Gasteiger partial charge in [-0.3, -0.25) is 4.79 Å². The van der Waals surface area contributed by atoms with Crippen molar-refractivity contribution in [2.45, 2.75) is 57.0 Å². The summed E-state index contributed by atoms with van der Waals surface area (Å²) in [5.74, 6) is 1.61. The molecule has 0 aromatic rings. The lowest BCUT2D eigenvalue weighted by atomic mass is 9.47. The molecule has 3 heteroatoms. The molecule has 4 aliphatic carbocycles. The average molecular weight is 249 g/mol. The summed E-state index contributed by atoms with van der Waals surface area (Å²) in [7, 11) is 0. The first-order chi connectivity index (χ1) is 8.59. The van der Waals surface area contributed by atoms with E-state index in [1.165, 1.54) is 19.3 Å². The molecule has 1 N–H and O–H groups in total. The molecule has 3 nitrogen and oxygen atoms in total. The summed E-state index contributed by atoms with van der Waals surface area (Å²) in [6.07, 6.45) is 8.37. The van der Waals surface area contributed by atoms with Crippen LogP contribution in [-0.2, 0) is 4.79 Å². The summed E-state index contributed by atoms with van der Waals surface area (Å²) in [6.45, 7) is 1.91. The third-order valence-corrected chi connectivity index (χ3v) is 5.88. The SMILES string of the molecule is O=C(N1CCCC1)C12CC3CC(CC(O)(C3)C1)C2. The number of amides is 1. The van der Waals surface area contributed by atoms with Crippen molar-refractivity contribution in [2.24, 2.45) is 17.3 Å². The van der Waals surface area contributed by atoms with Crippen molar-refractivity contribution >= 4 is 5.91 Å². The molecule has 5 aliphatic rings. The highest BCUT2D eigenvalue weighted by atomic mass is 16.3. The van der Waals surface area contributed by atoms with Crippen LogP contribution < -0.4 is 0 Å². The van der Waals surface area contributed by atoms with Gasteiger partial charge < -0.3 is 10.0 Å². The summed E-state index contributed by atoms with van der Waals surface area (Å²) in [5.41, 5.74) is -0.678. The molecule has 1 heterocycles. The zero-order valence-corrected chi connectivity index (χ0v) is 11.0. The van der Waals surface area contributed by atoms with Crippen LogP contribution in [0.3, 0.4) is 0 Å². The predicted octanol–water partition coefficient (Wildman–Crippen LogP) is 1.94. The van der Waals surface area contributed by atoms with Gasteiger partial charge in [0, 0.05) is 13.1 Å². The molecule has 18 heavy (non-hydrogen) atoms. The Morgan fingerprint density at radius 1 is 1.06 bits per heavy atom. The summed E-state index contributed by atoms with van der Waals surface area (Å²) in [6, 6.07) is 0. The topological polar surface area (TPSA) is 40.5 Å². The highest BCUT2D eigenvalue weighted by molar-refractivity contribution is 5.83. The van der Waals surface area contributed by atoms with Gasteiger partial charge in [-0.25, -0.2) is 0 Å². The standard InChI is InChI=1S/C15H23NO2/c17-13(16-3-1-2-4-16)14-6-11-5-12(7-14)9-15(18,8-11)10-14/h11-12,18H,1-10H2. The third-order valence-electron chi connectivity index (χ3n) is 5.88.